The molecule has 1 amide bonds. The zero-order valence-corrected chi connectivity index (χ0v) is 20.5. The molecule has 3 aromatic rings. The number of hydrogen-bond acceptors (Lipinski definition) is 5. The van der Waals surface area contributed by atoms with Gasteiger partial charge in [-0.1, -0.05) is 40.2 Å². The van der Waals surface area contributed by atoms with Gasteiger partial charge < -0.3 is 15.2 Å². The van der Waals surface area contributed by atoms with E-state index in [1.165, 1.54) is 0 Å². The monoisotopic (exact) mass is 593 g/mol. The maximum absolute atomic E-state index is 12.2. The van der Waals surface area contributed by atoms with E-state index in [0.717, 1.165) is 19.2 Å². The van der Waals surface area contributed by atoms with Crippen LogP contribution in [0, 0.1) is 3.57 Å². The molecule has 0 saturated carbocycles. The number of anilines is 1. The molecule has 3 N–H and O–H groups in total. The van der Waals surface area contributed by atoms with Crippen molar-refractivity contribution in [3.8, 4) is 11.5 Å². The molecule has 0 saturated heterocycles. The minimum Gasteiger partial charge on any atom is -0.490 e. The molecule has 0 atom stereocenters. The van der Waals surface area contributed by atoms with Gasteiger partial charge in [0.15, 0.2) is 11.5 Å². The molecule has 0 unspecified atom stereocenters. The number of carbonyl (C=O) groups is 1. The quantitative estimate of drug-likeness (QED) is 0.159. The molecule has 0 radical (unpaired) electrons. The maximum Gasteiger partial charge on any atom is 0.273 e. The van der Waals surface area contributed by atoms with E-state index in [1.54, 1.807) is 30.5 Å². The van der Waals surface area contributed by atoms with Gasteiger partial charge in [0.2, 0.25) is 0 Å². The molecule has 160 valence electrons. The number of nitrogen functional groups attached to an aromatic ring is 1. The zero-order valence-electron chi connectivity index (χ0n) is 16.8. The standard InChI is InChI=1S/C23H21BrIN3O3/c1-2-30-21-12-16(13-27-28-23(29)18-5-3-4-6-20(18)26)11-19(25)22(21)31-14-15-7-9-17(24)10-8-15/h3-13H,2,14,26H2,1H3,(H,28,29)/b27-13-. The number of para-hydroxylation sites is 1. The van der Waals surface area contributed by atoms with Gasteiger partial charge >= 0.3 is 0 Å². The van der Waals surface area contributed by atoms with Gasteiger partial charge in [0.1, 0.15) is 6.61 Å². The van der Waals surface area contributed by atoms with Crippen LogP contribution in [0.15, 0.2) is 70.2 Å². The van der Waals surface area contributed by atoms with Gasteiger partial charge in [-0.3, -0.25) is 4.79 Å². The first-order valence-electron chi connectivity index (χ1n) is 9.49. The van der Waals surface area contributed by atoms with Gasteiger partial charge in [0.05, 0.1) is 22.0 Å². The van der Waals surface area contributed by atoms with Gasteiger partial charge in [0, 0.05) is 10.2 Å². The molecule has 0 fully saturated rings. The average Bonchev–Trinajstić information content (AvgIpc) is 2.75. The maximum atomic E-state index is 12.2. The number of halogens is 2. The van der Waals surface area contributed by atoms with E-state index in [9.17, 15) is 4.79 Å². The molecule has 8 heteroatoms. The summed E-state index contributed by atoms with van der Waals surface area (Å²) in [5.41, 5.74) is 10.9. The molecular weight excluding hydrogens is 573 g/mol. The molecule has 0 aliphatic rings. The van der Waals surface area contributed by atoms with Crippen LogP contribution in [0.1, 0.15) is 28.4 Å². The number of nitrogens with zero attached hydrogens (tertiary/aromatic N) is 1. The van der Waals surface area contributed by atoms with Crippen molar-refractivity contribution < 1.29 is 14.3 Å². The topological polar surface area (TPSA) is 85.9 Å². The third-order valence-electron chi connectivity index (χ3n) is 4.21. The summed E-state index contributed by atoms with van der Waals surface area (Å²) >= 11 is 5.63. The van der Waals surface area contributed by atoms with Crippen LogP contribution in [0.25, 0.3) is 0 Å². The lowest BCUT2D eigenvalue weighted by Gasteiger charge is -2.15. The number of amides is 1. The summed E-state index contributed by atoms with van der Waals surface area (Å²) in [5.74, 6) is 0.915. The number of nitrogens with one attached hydrogen (secondary N) is 1. The van der Waals surface area contributed by atoms with Gasteiger partial charge in [-0.25, -0.2) is 5.43 Å². The molecule has 3 aromatic carbocycles. The van der Waals surface area contributed by atoms with E-state index in [1.807, 2.05) is 43.3 Å². The molecule has 0 aromatic heterocycles. The largest absolute Gasteiger partial charge is 0.490 e. The highest BCUT2D eigenvalue weighted by Crippen LogP contribution is 2.34. The fourth-order valence-corrected chi connectivity index (χ4v) is 3.78. The van der Waals surface area contributed by atoms with E-state index >= 15 is 0 Å². The van der Waals surface area contributed by atoms with Gasteiger partial charge in [-0.15, -0.1) is 0 Å². The van der Waals surface area contributed by atoms with Crippen LogP contribution in [0.2, 0.25) is 0 Å². The summed E-state index contributed by atoms with van der Waals surface area (Å²) in [4.78, 5) is 12.2. The Kier molecular flexibility index (Phi) is 8.30. The summed E-state index contributed by atoms with van der Waals surface area (Å²) in [6, 6.07) is 18.5. The first kappa shape index (κ1) is 23.1. The Morgan fingerprint density at radius 2 is 1.90 bits per heavy atom. The van der Waals surface area contributed by atoms with E-state index in [0.29, 0.717) is 36.0 Å². The Morgan fingerprint density at radius 1 is 1.16 bits per heavy atom. The van der Waals surface area contributed by atoms with E-state index in [4.69, 9.17) is 15.2 Å². The number of carbonyl (C=O) groups excluding carboxylic acids is 1. The number of rotatable bonds is 8. The smallest absolute Gasteiger partial charge is 0.273 e. The molecule has 0 aliphatic carbocycles. The van der Waals surface area contributed by atoms with Crippen LogP contribution >= 0.6 is 38.5 Å². The Balaban J connectivity index is 1.73. The number of ether oxygens (including phenoxy) is 2. The summed E-state index contributed by atoms with van der Waals surface area (Å²) in [6.07, 6.45) is 1.56. The highest BCUT2D eigenvalue weighted by molar-refractivity contribution is 14.1. The van der Waals surface area contributed by atoms with Crippen LogP contribution in [0.4, 0.5) is 5.69 Å². The number of nitrogens with two attached hydrogens (primary N) is 1. The SMILES string of the molecule is CCOc1cc(/C=N\NC(=O)c2ccccc2N)cc(I)c1OCc1ccc(Br)cc1. The Bertz CT molecular complexity index is 1090. The highest BCUT2D eigenvalue weighted by Gasteiger charge is 2.13. The fourth-order valence-electron chi connectivity index (χ4n) is 2.73. The highest BCUT2D eigenvalue weighted by atomic mass is 127. The van der Waals surface area contributed by atoms with Gasteiger partial charge in [-0.2, -0.15) is 5.10 Å². The van der Waals surface area contributed by atoms with Crippen LogP contribution in [0.3, 0.4) is 0 Å². The summed E-state index contributed by atoms with van der Waals surface area (Å²) in [7, 11) is 0. The van der Waals surface area contributed by atoms with E-state index in [-0.39, 0.29) is 5.91 Å². The van der Waals surface area contributed by atoms with Crippen LogP contribution in [-0.4, -0.2) is 18.7 Å². The Hall–Kier alpha value is -2.59. The van der Waals surface area contributed by atoms with E-state index in [2.05, 4.69) is 49.0 Å². The van der Waals surface area contributed by atoms with Crippen LogP contribution in [0.5, 0.6) is 11.5 Å². The van der Waals surface area contributed by atoms with Crippen molar-refractivity contribution in [3.05, 3.63) is 85.4 Å². The first-order chi connectivity index (χ1) is 15.0. The second-order valence-electron chi connectivity index (χ2n) is 6.46. The zero-order chi connectivity index (χ0) is 22.2. The number of hydrogen-bond donors (Lipinski definition) is 2. The minimum absolute atomic E-state index is 0.372. The van der Waals surface area contributed by atoms with Crippen LogP contribution in [-0.2, 0) is 6.61 Å². The number of hydrazone groups is 1. The third-order valence-corrected chi connectivity index (χ3v) is 5.54. The third kappa shape index (κ3) is 6.44. The summed E-state index contributed by atoms with van der Waals surface area (Å²) in [6.45, 7) is 2.83. The Labute approximate surface area is 203 Å². The predicted octanol–water partition coefficient (Wildman–Crippen LogP) is 5.38. The lowest BCUT2D eigenvalue weighted by molar-refractivity contribution is 0.0956. The average molecular weight is 594 g/mol. The molecule has 31 heavy (non-hydrogen) atoms. The molecule has 0 heterocycles. The molecular formula is C23H21BrIN3O3. The molecule has 3 rings (SSSR count). The van der Waals surface area contributed by atoms with Crippen LogP contribution < -0.4 is 20.6 Å². The normalized spacial score (nSPS) is 10.8. The lowest BCUT2D eigenvalue weighted by Crippen LogP contribution is -2.19. The first-order valence-corrected chi connectivity index (χ1v) is 11.4. The predicted molar refractivity (Wildman–Crippen MR) is 135 cm³/mol. The molecule has 0 aliphatic heterocycles. The van der Waals surface area contributed by atoms with Crippen molar-refractivity contribution in [2.45, 2.75) is 13.5 Å². The molecule has 6 nitrogen and oxygen atoms in total. The van der Waals surface area contributed by atoms with E-state index < -0.39 is 0 Å². The van der Waals surface area contributed by atoms with Crippen molar-refractivity contribution in [1.29, 1.82) is 0 Å². The van der Waals surface area contributed by atoms with Crippen molar-refractivity contribution in [2.75, 3.05) is 12.3 Å². The molecule has 0 spiro atoms. The second-order valence-corrected chi connectivity index (χ2v) is 8.54. The molecule has 0 bridgehead atoms. The number of benzene rings is 3. The van der Waals surface area contributed by atoms with Gasteiger partial charge in [0.25, 0.3) is 5.91 Å². The van der Waals surface area contributed by atoms with Crippen molar-refractivity contribution in [2.24, 2.45) is 5.10 Å². The van der Waals surface area contributed by atoms with Gasteiger partial charge in [-0.05, 0) is 77.0 Å². The second kappa shape index (κ2) is 11.1. The lowest BCUT2D eigenvalue weighted by atomic mass is 10.2. The Morgan fingerprint density at radius 3 is 2.61 bits per heavy atom. The van der Waals surface area contributed by atoms with Crippen molar-refractivity contribution >= 4 is 56.3 Å². The van der Waals surface area contributed by atoms with Crippen molar-refractivity contribution in [3.63, 3.8) is 0 Å². The van der Waals surface area contributed by atoms with Crippen molar-refractivity contribution in [1.82, 2.24) is 5.43 Å². The summed E-state index contributed by atoms with van der Waals surface area (Å²) < 4.78 is 13.7. The summed E-state index contributed by atoms with van der Waals surface area (Å²) in [5, 5.41) is 4.05. The fraction of sp³-hybridized carbons (Fsp3) is 0.130. The minimum atomic E-state index is -0.372.